The van der Waals surface area contributed by atoms with Crippen LogP contribution in [0.4, 0.5) is 5.69 Å². The van der Waals surface area contributed by atoms with Crippen molar-refractivity contribution in [3.8, 4) is 5.75 Å². The number of benzene rings is 1. The molecule has 0 radical (unpaired) electrons. The maximum atomic E-state index is 12.1. The second-order valence-electron chi connectivity index (χ2n) is 4.97. The fourth-order valence-corrected chi connectivity index (χ4v) is 1.54. The SMILES string of the molecule is CNC(C)(C)C(=O)Nc1cc(C)c(OC)cc1C. The quantitative estimate of drug-likeness (QED) is 0.861. The van der Waals surface area contributed by atoms with Crippen molar-refractivity contribution in [3.63, 3.8) is 0 Å². The average Bonchev–Trinajstić information content (AvgIpc) is 2.33. The van der Waals surface area contributed by atoms with Gasteiger partial charge in [-0.05, 0) is 58.0 Å². The third-order valence-corrected chi connectivity index (χ3v) is 3.18. The Kier molecular flexibility index (Phi) is 4.35. The number of methoxy groups -OCH3 is 1. The van der Waals surface area contributed by atoms with Crippen LogP contribution in [0, 0.1) is 13.8 Å². The Hall–Kier alpha value is -1.55. The van der Waals surface area contributed by atoms with Gasteiger partial charge in [0.1, 0.15) is 5.75 Å². The Morgan fingerprint density at radius 2 is 1.83 bits per heavy atom. The summed E-state index contributed by atoms with van der Waals surface area (Å²) in [6.45, 7) is 7.59. The minimum atomic E-state index is -0.597. The molecule has 1 amide bonds. The molecule has 0 heterocycles. The highest BCUT2D eigenvalue weighted by Crippen LogP contribution is 2.26. The summed E-state index contributed by atoms with van der Waals surface area (Å²) in [6.07, 6.45) is 0. The molecule has 0 saturated heterocycles. The lowest BCUT2D eigenvalue weighted by Crippen LogP contribution is -2.48. The number of hydrogen-bond acceptors (Lipinski definition) is 3. The Morgan fingerprint density at radius 3 is 2.33 bits per heavy atom. The molecule has 0 aromatic heterocycles. The third kappa shape index (κ3) is 3.01. The molecule has 0 saturated carbocycles. The van der Waals surface area contributed by atoms with Crippen LogP contribution in [0.3, 0.4) is 0 Å². The molecule has 4 heteroatoms. The summed E-state index contributed by atoms with van der Waals surface area (Å²) in [5.74, 6) is 0.774. The Morgan fingerprint density at radius 1 is 1.22 bits per heavy atom. The molecule has 1 aromatic carbocycles. The van der Waals surface area contributed by atoms with Gasteiger partial charge in [-0.1, -0.05) is 0 Å². The highest BCUT2D eigenvalue weighted by Gasteiger charge is 2.25. The van der Waals surface area contributed by atoms with Crippen molar-refractivity contribution in [2.24, 2.45) is 0 Å². The van der Waals surface area contributed by atoms with Gasteiger partial charge in [-0.3, -0.25) is 4.79 Å². The zero-order valence-corrected chi connectivity index (χ0v) is 12.0. The predicted molar refractivity (Wildman–Crippen MR) is 74.2 cm³/mol. The molecule has 0 atom stereocenters. The lowest BCUT2D eigenvalue weighted by molar-refractivity contribution is -0.121. The number of nitrogens with one attached hydrogen (secondary N) is 2. The van der Waals surface area contributed by atoms with Crippen LogP contribution in [-0.2, 0) is 4.79 Å². The van der Waals surface area contributed by atoms with E-state index < -0.39 is 5.54 Å². The first kappa shape index (κ1) is 14.5. The van der Waals surface area contributed by atoms with Crippen molar-refractivity contribution in [2.45, 2.75) is 33.2 Å². The molecule has 0 aliphatic heterocycles. The summed E-state index contributed by atoms with van der Waals surface area (Å²) in [6, 6.07) is 3.86. The highest BCUT2D eigenvalue weighted by atomic mass is 16.5. The van der Waals surface area contributed by atoms with Crippen LogP contribution in [0.25, 0.3) is 0 Å². The van der Waals surface area contributed by atoms with Gasteiger partial charge in [0, 0.05) is 5.69 Å². The van der Waals surface area contributed by atoms with Gasteiger partial charge in [-0.15, -0.1) is 0 Å². The second-order valence-corrected chi connectivity index (χ2v) is 4.97. The number of carbonyl (C=O) groups is 1. The summed E-state index contributed by atoms with van der Waals surface area (Å²) in [7, 11) is 3.41. The fourth-order valence-electron chi connectivity index (χ4n) is 1.54. The molecule has 0 fully saturated rings. The standard InChI is InChI=1S/C14H22N2O2/c1-9-8-12(18-6)10(2)7-11(9)16-13(17)14(3,4)15-5/h7-8,15H,1-6H3,(H,16,17). The van der Waals surface area contributed by atoms with E-state index in [0.29, 0.717) is 0 Å². The van der Waals surface area contributed by atoms with Crippen molar-refractivity contribution in [3.05, 3.63) is 23.3 Å². The molecular weight excluding hydrogens is 228 g/mol. The average molecular weight is 250 g/mol. The molecule has 0 spiro atoms. The van der Waals surface area contributed by atoms with Crippen molar-refractivity contribution in [1.82, 2.24) is 5.32 Å². The molecule has 0 aliphatic carbocycles. The van der Waals surface area contributed by atoms with Gasteiger partial charge in [0.25, 0.3) is 0 Å². The first-order valence-corrected chi connectivity index (χ1v) is 5.97. The zero-order valence-electron chi connectivity index (χ0n) is 12.0. The van der Waals surface area contributed by atoms with Crippen LogP contribution >= 0.6 is 0 Å². The van der Waals surface area contributed by atoms with Gasteiger partial charge < -0.3 is 15.4 Å². The summed E-state index contributed by atoms with van der Waals surface area (Å²) >= 11 is 0. The molecule has 0 unspecified atom stereocenters. The van der Waals surface area contributed by atoms with Gasteiger partial charge in [0.2, 0.25) is 5.91 Å². The molecule has 18 heavy (non-hydrogen) atoms. The number of rotatable bonds is 4. The number of likely N-dealkylation sites (N-methyl/N-ethyl adjacent to an activating group) is 1. The largest absolute Gasteiger partial charge is 0.496 e. The zero-order chi connectivity index (χ0) is 13.9. The van der Waals surface area contributed by atoms with Crippen molar-refractivity contribution >= 4 is 11.6 Å². The second kappa shape index (κ2) is 5.40. The third-order valence-electron chi connectivity index (χ3n) is 3.18. The molecule has 1 rings (SSSR count). The lowest BCUT2D eigenvalue weighted by atomic mass is 10.0. The van der Waals surface area contributed by atoms with Crippen LogP contribution < -0.4 is 15.4 Å². The number of hydrogen-bond donors (Lipinski definition) is 2. The molecule has 0 bridgehead atoms. The fraction of sp³-hybridized carbons (Fsp3) is 0.500. The van der Waals surface area contributed by atoms with E-state index in [9.17, 15) is 4.79 Å². The van der Waals surface area contributed by atoms with Gasteiger partial charge in [-0.2, -0.15) is 0 Å². The Labute approximate surface area is 109 Å². The number of amides is 1. The van der Waals surface area contributed by atoms with Crippen molar-refractivity contribution in [1.29, 1.82) is 0 Å². The van der Waals surface area contributed by atoms with E-state index in [2.05, 4.69) is 10.6 Å². The van der Waals surface area contributed by atoms with Gasteiger partial charge >= 0.3 is 0 Å². The topological polar surface area (TPSA) is 50.4 Å². The van der Waals surface area contributed by atoms with Gasteiger partial charge in [0.15, 0.2) is 0 Å². The minimum Gasteiger partial charge on any atom is -0.496 e. The van der Waals surface area contributed by atoms with E-state index >= 15 is 0 Å². The van der Waals surface area contributed by atoms with E-state index in [1.165, 1.54) is 0 Å². The summed E-state index contributed by atoms with van der Waals surface area (Å²) in [5, 5.41) is 5.92. The monoisotopic (exact) mass is 250 g/mol. The normalized spacial score (nSPS) is 11.2. The summed E-state index contributed by atoms with van der Waals surface area (Å²) in [5.41, 5.74) is 2.21. The number of anilines is 1. The van der Waals surface area contributed by atoms with Gasteiger partial charge in [0.05, 0.1) is 12.6 Å². The highest BCUT2D eigenvalue weighted by molar-refractivity contribution is 5.98. The first-order chi connectivity index (χ1) is 8.31. The van der Waals surface area contributed by atoms with Crippen LogP contribution in [0.5, 0.6) is 5.75 Å². The van der Waals surface area contributed by atoms with Crippen LogP contribution in [0.1, 0.15) is 25.0 Å². The molecule has 100 valence electrons. The molecular formula is C14H22N2O2. The first-order valence-electron chi connectivity index (χ1n) is 5.97. The molecule has 0 aliphatic rings. The van der Waals surface area contributed by atoms with Crippen LogP contribution in [0.2, 0.25) is 0 Å². The van der Waals surface area contributed by atoms with E-state index in [1.807, 2.05) is 39.8 Å². The summed E-state index contributed by atoms with van der Waals surface area (Å²) < 4.78 is 5.25. The van der Waals surface area contributed by atoms with E-state index in [4.69, 9.17) is 4.74 Å². The smallest absolute Gasteiger partial charge is 0.244 e. The van der Waals surface area contributed by atoms with E-state index in [0.717, 1.165) is 22.6 Å². The Bertz CT molecular complexity index is 453. The number of aryl methyl sites for hydroxylation is 2. The number of carbonyl (C=O) groups excluding carboxylic acids is 1. The van der Waals surface area contributed by atoms with Crippen LogP contribution in [0.15, 0.2) is 12.1 Å². The Balaban J connectivity index is 2.99. The predicted octanol–water partition coefficient (Wildman–Crippen LogP) is 2.25. The maximum Gasteiger partial charge on any atom is 0.244 e. The van der Waals surface area contributed by atoms with Crippen molar-refractivity contribution in [2.75, 3.05) is 19.5 Å². The van der Waals surface area contributed by atoms with E-state index in [1.54, 1.807) is 14.2 Å². The summed E-state index contributed by atoms with van der Waals surface area (Å²) in [4.78, 5) is 12.1. The van der Waals surface area contributed by atoms with Crippen molar-refractivity contribution < 1.29 is 9.53 Å². The van der Waals surface area contributed by atoms with E-state index in [-0.39, 0.29) is 5.91 Å². The molecule has 2 N–H and O–H groups in total. The minimum absolute atomic E-state index is 0.0577. The van der Waals surface area contributed by atoms with Crippen LogP contribution in [-0.4, -0.2) is 25.6 Å². The van der Waals surface area contributed by atoms with Gasteiger partial charge in [-0.25, -0.2) is 0 Å². The molecule has 4 nitrogen and oxygen atoms in total. The lowest BCUT2D eigenvalue weighted by Gasteiger charge is -2.23. The molecule has 1 aromatic rings. The maximum absolute atomic E-state index is 12.1. The number of ether oxygens (including phenoxy) is 1.